The van der Waals surface area contributed by atoms with Crippen molar-refractivity contribution in [1.29, 1.82) is 0 Å². The Morgan fingerprint density at radius 2 is 1.00 bits per heavy atom. The van der Waals surface area contributed by atoms with Crippen LogP contribution in [0.4, 0.5) is 0 Å². The zero-order valence-corrected chi connectivity index (χ0v) is 38.6. The second-order valence-corrected chi connectivity index (χ2v) is 17.3. The molecule has 0 aromatic carbocycles. The summed E-state index contributed by atoms with van der Waals surface area (Å²) in [5.74, 6) is -0.950. The van der Waals surface area contributed by atoms with Crippen molar-refractivity contribution >= 4 is 23.9 Å². The Kier molecular flexibility index (Phi) is 36.7. The van der Waals surface area contributed by atoms with E-state index < -0.39 is 12.0 Å². The number of rotatable bonds is 42. The molecule has 0 radical (unpaired) electrons. The molecule has 1 aliphatic rings. The SMILES string of the molecule is C=CC(=O)OC1C[C@@H](C(=O)OCCCCCCCC(=O)OC(CCCCCCCC)CCCCCCCC)N(CCCCCC(=O)OCCCCCCCCCCC)C1. The standard InChI is InChI=1S/C50H91NO8/c1-5-9-12-15-18-19-20-25-33-40-56-48(53)37-31-27-32-39-51-43-45(59-47(52)8-4)42-46(51)50(55)57-41-34-26-21-24-30-38-49(54)58-44(35-28-22-16-13-10-6-2)36-29-23-17-14-11-7-3/h8,44-46H,4-7,9-43H2,1-3H3/t45?,46-/m0/s1. The van der Waals surface area contributed by atoms with E-state index in [0.29, 0.717) is 45.6 Å². The van der Waals surface area contributed by atoms with Crippen LogP contribution in [0.2, 0.25) is 0 Å². The minimum atomic E-state index is -0.487. The number of esters is 4. The number of nitrogens with zero attached hydrogens (tertiary/aromatic N) is 1. The van der Waals surface area contributed by atoms with Crippen molar-refractivity contribution in [3.05, 3.63) is 12.7 Å². The number of hydrogen-bond donors (Lipinski definition) is 0. The molecule has 1 fully saturated rings. The lowest BCUT2D eigenvalue weighted by Gasteiger charge is -2.22. The Labute approximate surface area is 362 Å². The van der Waals surface area contributed by atoms with Crippen LogP contribution in [0.15, 0.2) is 12.7 Å². The third-order valence-corrected chi connectivity index (χ3v) is 11.8. The average molecular weight is 834 g/mol. The van der Waals surface area contributed by atoms with Crippen molar-refractivity contribution in [1.82, 2.24) is 4.90 Å². The lowest BCUT2D eigenvalue weighted by molar-refractivity contribution is -0.150. The summed E-state index contributed by atoms with van der Waals surface area (Å²) in [5.41, 5.74) is 0. The van der Waals surface area contributed by atoms with Gasteiger partial charge in [-0.2, -0.15) is 0 Å². The molecule has 1 heterocycles. The highest BCUT2D eigenvalue weighted by Gasteiger charge is 2.39. The normalized spacial score (nSPS) is 15.4. The van der Waals surface area contributed by atoms with Crippen molar-refractivity contribution in [2.75, 3.05) is 26.3 Å². The first-order chi connectivity index (χ1) is 28.8. The lowest BCUT2D eigenvalue weighted by Crippen LogP contribution is -2.38. The third-order valence-electron chi connectivity index (χ3n) is 11.8. The molecule has 2 atom stereocenters. The molecule has 0 bridgehead atoms. The third kappa shape index (κ3) is 32.0. The fraction of sp³-hybridized carbons (Fsp3) is 0.880. The van der Waals surface area contributed by atoms with Crippen molar-refractivity contribution in [2.24, 2.45) is 0 Å². The predicted molar refractivity (Wildman–Crippen MR) is 241 cm³/mol. The molecule has 0 aromatic heterocycles. The van der Waals surface area contributed by atoms with Crippen molar-refractivity contribution in [3.63, 3.8) is 0 Å². The highest BCUT2D eigenvalue weighted by molar-refractivity contribution is 5.81. The van der Waals surface area contributed by atoms with E-state index in [1.54, 1.807) is 0 Å². The fourth-order valence-electron chi connectivity index (χ4n) is 8.07. The van der Waals surface area contributed by atoms with Gasteiger partial charge < -0.3 is 18.9 Å². The lowest BCUT2D eigenvalue weighted by atomic mass is 10.0. The van der Waals surface area contributed by atoms with Crippen LogP contribution in [0.3, 0.4) is 0 Å². The maximum atomic E-state index is 13.2. The molecule has 9 heteroatoms. The minimum Gasteiger partial charge on any atom is -0.466 e. The fourth-order valence-corrected chi connectivity index (χ4v) is 8.07. The first-order valence-electron chi connectivity index (χ1n) is 24.9. The summed E-state index contributed by atoms with van der Waals surface area (Å²) in [6.45, 7) is 12.2. The zero-order chi connectivity index (χ0) is 43.0. The Balaban J connectivity index is 2.30. The van der Waals surface area contributed by atoms with Gasteiger partial charge in [0.15, 0.2) is 0 Å². The van der Waals surface area contributed by atoms with Crippen LogP contribution in [0, 0.1) is 0 Å². The van der Waals surface area contributed by atoms with Gasteiger partial charge in [0.1, 0.15) is 18.2 Å². The summed E-state index contributed by atoms with van der Waals surface area (Å²) in [5, 5.41) is 0. The molecule has 0 aromatic rings. The van der Waals surface area contributed by atoms with Crippen LogP contribution in [0.1, 0.15) is 239 Å². The van der Waals surface area contributed by atoms with Crippen LogP contribution in [-0.2, 0) is 38.1 Å². The second kappa shape index (κ2) is 39.7. The van der Waals surface area contributed by atoms with Gasteiger partial charge in [-0.25, -0.2) is 4.79 Å². The minimum absolute atomic E-state index is 0.0545. The van der Waals surface area contributed by atoms with E-state index in [9.17, 15) is 19.2 Å². The molecule has 344 valence electrons. The molecule has 1 saturated heterocycles. The Morgan fingerprint density at radius 1 is 0.559 bits per heavy atom. The van der Waals surface area contributed by atoms with Gasteiger partial charge in [0.05, 0.1) is 13.2 Å². The van der Waals surface area contributed by atoms with E-state index in [1.807, 2.05) is 0 Å². The van der Waals surface area contributed by atoms with E-state index in [4.69, 9.17) is 18.9 Å². The van der Waals surface area contributed by atoms with Crippen molar-refractivity contribution in [2.45, 2.75) is 257 Å². The van der Waals surface area contributed by atoms with E-state index in [0.717, 1.165) is 96.0 Å². The van der Waals surface area contributed by atoms with Gasteiger partial charge in [0.2, 0.25) is 0 Å². The van der Waals surface area contributed by atoms with Gasteiger partial charge in [0, 0.05) is 31.9 Å². The molecule has 0 amide bonds. The van der Waals surface area contributed by atoms with Crippen molar-refractivity contribution in [3.8, 4) is 0 Å². The summed E-state index contributed by atoms with van der Waals surface area (Å²) in [7, 11) is 0. The molecule has 59 heavy (non-hydrogen) atoms. The maximum Gasteiger partial charge on any atom is 0.330 e. The topological polar surface area (TPSA) is 108 Å². The van der Waals surface area contributed by atoms with Crippen LogP contribution >= 0.6 is 0 Å². The van der Waals surface area contributed by atoms with Gasteiger partial charge in [-0.1, -0.05) is 169 Å². The van der Waals surface area contributed by atoms with Gasteiger partial charge in [-0.05, 0) is 64.3 Å². The number of unbranched alkanes of at least 4 members (excludes halogenated alkanes) is 24. The van der Waals surface area contributed by atoms with Gasteiger partial charge in [-0.15, -0.1) is 0 Å². The molecule has 0 N–H and O–H groups in total. The summed E-state index contributed by atoms with van der Waals surface area (Å²) in [6.07, 6.45) is 37.1. The number of hydrogen-bond acceptors (Lipinski definition) is 9. The predicted octanol–water partition coefficient (Wildman–Crippen LogP) is 13.1. The molecule has 1 aliphatic heterocycles. The summed E-state index contributed by atoms with van der Waals surface area (Å²) >= 11 is 0. The van der Waals surface area contributed by atoms with E-state index in [1.165, 1.54) is 109 Å². The number of carbonyl (C=O) groups excluding carboxylic acids is 4. The van der Waals surface area contributed by atoms with Crippen molar-refractivity contribution < 1.29 is 38.1 Å². The quantitative estimate of drug-likeness (QED) is 0.0257. The smallest absolute Gasteiger partial charge is 0.330 e. The Bertz CT molecular complexity index is 1030. The number of carbonyl (C=O) groups is 4. The van der Waals surface area contributed by atoms with E-state index in [2.05, 4.69) is 32.3 Å². The van der Waals surface area contributed by atoms with Crippen LogP contribution < -0.4 is 0 Å². The molecule has 1 unspecified atom stereocenters. The Hall–Kier alpha value is -2.42. The molecular formula is C50H91NO8. The molecule has 0 aliphatic carbocycles. The van der Waals surface area contributed by atoms with Gasteiger partial charge >= 0.3 is 23.9 Å². The molecular weight excluding hydrogens is 743 g/mol. The van der Waals surface area contributed by atoms with E-state index >= 15 is 0 Å². The molecule has 1 rings (SSSR count). The highest BCUT2D eigenvalue weighted by atomic mass is 16.6. The number of likely N-dealkylation sites (tertiary alicyclic amines) is 1. The van der Waals surface area contributed by atoms with Gasteiger partial charge in [-0.3, -0.25) is 19.3 Å². The molecule has 0 spiro atoms. The molecule has 9 nitrogen and oxygen atoms in total. The maximum absolute atomic E-state index is 13.2. The summed E-state index contributed by atoms with van der Waals surface area (Å²) in [6, 6.07) is -0.462. The Morgan fingerprint density at radius 3 is 1.53 bits per heavy atom. The average Bonchev–Trinajstić information content (AvgIpc) is 3.63. The van der Waals surface area contributed by atoms with E-state index in [-0.39, 0.29) is 30.1 Å². The van der Waals surface area contributed by atoms with Crippen LogP contribution in [-0.4, -0.2) is 73.3 Å². The molecule has 0 saturated carbocycles. The summed E-state index contributed by atoms with van der Waals surface area (Å²) < 4.78 is 22.7. The first kappa shape index (κ1) is 54.6. The zero-order valence-electron chi connectivity index (χ0n) is 38.6. The van der Waals surface area contributed by atoms with Crippen LogP contribution in [0.25, 0.3) is 0 Å². The monoisotopic (exact) mass is 834 g/mol. The highest BCUT2D eigenvalue weighted by Crippen LogP contribution is 2.24. The largest absolute Gasteiger partial charge is 0.466 e. The second-order valence-electron chi connectivity index (χ2n) is 17.3. The first-order valence-corrected chi connectivity index (χ1v) is 24.9. The van der Waals surface area contributed by atoms with Gasteiger partial charge in [0.25, 0.3) is 0 Å². The number of ether oxygens (including phenoxy) is 4. The summed E-state index contributed by atoms with van der Waals surface area (Å²) in [4.78, 5) is 52.1. The van der Waals surface area contributed by atoms with Crippen LogP contribution in [0.5, 0.6) is 0 Å².